The number of aliphatic hydroxyl groups excluding tert-OH is 1. The van der Waals surface area contributed by atoms with Crippen molar-refractivity contribution >= 4 is 5.91 Å². The SMILES string of the molecule is CCC(=O)N[C@H]1CCCc2c(ccc(OC)c2OC)[C@@H]1O. The molecular formula is C16H23NO4. The summed E-state index contributed by atoms with van der Waals surface area (Å²) in [4.78, 5) is 11.6. The second-order valence-electron chi connectivity index (χ2n) is 5.23. The molecule has 2 N–H and O–H groups in total. The van der Waals surface area contributed by atoms with Gasteiger partial charge in [-0.1, -0.05) is 13.0 Å². The van der Waals surface area contributed by atoms with Crippen LogP contribution in [0.4, 0.5) is 0 Å². The number of amides is 1. The maximum atomic E-state index is 11.6. The molecule has 1 aromatic carbocycles. The number of nitrogens with one attached hydrogen (secondary N) is 1. The summed E-state index contributed by atoms with van der Waals surface area (Å²) in [6, 6.07) is 3.40. The van der Waals surface area contributed by atoms with Gasteiger partial charge in [-0.2, -0.15) is 0 Å². The van der Waals surface area contributed by atoms with Crippen LogP contribution in [0.1, 0.15) is 43.4 Å². The van der Waals surface area contributed by atoms with E-state index in [1.807, 2.05) is 6.07 Å². The van der Waals surface area contributed by atoms with Gasteiger partial charge in [0.25, 0.3) is 0 Å². The summed E-state index contributed by atoms with van der Waals surface area (Å²) < 4.78 is 10.8. The molecule has 0 aliphatic heterocycles. The van der Waals surface area contributed by atoms with Gasteiger partial charge in [-0.15, -0.1) is 0 Å². The Morgan fingerprint density at radius 2 is 2.14 bits per heavy atom. The van der Waals surface area contributed by atoms with E-state index in [-0.39, 0.29) is 11.9 Å². The number of benzene rings is 1. The minimum atomic E-state index is -0.724. The van der Waals surface area contributed by atoms with Crippen molar-refractivity contribution in [1.82, 2.24) is 5.32 Å². The minimum absolute atomic E-state index is 0.0389. The first kappa shape index (κ1) is 15.6. The fraction of sp³-hybridized carbons (Fsp3) is 0.562. The summed E-state index contributed by atoms with van der Waals surface area (Å²) in [5.41, 5.74) is 1.78. The van der Waals surface area contributed by atoms with Crippen molar-refractivity contribution in [2.45, 2.75) is 44.8 Å². The van der Waals surface area contributed by atoms with Crippen LogP contribution in [0.25, 0.3) is 0 Å². The second-order valence-corrected chi connectivity index (χ2v) is 5.23. The number of hydrogen-bond donors (Lipinski definition) is 2. The third-order valence-electron chi connectivity index (χ3n) is 3.99. The number of ether oxygens (including phenoxy) is 2. The van der Waals surface area contributed by atoms with Gasteiger partial charge in [0.15, 0.2) is 11.5 Å². The Balaban J connectivity index is 2.36. The monoisotopic (exact) mass is 293 g/mol. The average molecular weight is 293 g/mol. The van der Waals surface area contributed by atoms with E-state index < -0.39 is 6.10 Å². The molecule has 5 heteroatoms. The van der Waals surface area contributed by atoms with E-state index >= 15 is 0 Å². The number of fused-ring (bicyclic) bond motifs is 1. The molecule has 0 aromatic heterocycles. The number of rotatable bonds is 4. The Hall–Kier alpha value is -1.75. The van der Waals surface area contributed by atoms with Crippen molar-refractivity contribution in [3.63, 3.8) is 0 Å². The Morgan fingerprint density at radius 1 is 1.38 bits per heavy atom. The Bertz CT molecular complexity index is 515. The molecule has 0 fully saturated rings. The normalized spacial score (nSPS) is 21.1. The van der Waals surface area contributed by atoms with Crippen LogP contribution in [-0.2, 0) is 11.2 Å². The third kappa shape index (κ3) is 3.13. The van der Waals surface area contributed by atoms with E-state index in [2.05, 4.69) is 5.32 Å². The molecule has 1 aromatic rings. The molecule has 0 heterocycles. The van der Waals surface area contributed by atoms with E-state index in [1.54, 1.807) is 27.2 Å². The van der Waals surface area contributed by atoms with E-state index in [0.29, 0.717) is 17.9 Å². The van der Waals surface area contributed by atoms with Gasteiger partial charge in [0.1, 0.15) is 0 Å². The highest BCUT2D eigenvalue weighted by Crippen LogP contribution is 2.40. The standard InChI is InChI=1S/C16H23NO4/c1-4-14(18)17-12-7-5-6-11-10(15(12)19)8-9-13(20-2)16(11)21-3/h8-9,12,15,19H,4-7H2,1-3H3,(H,17,18)/t12-,15-/m0/s1. The largest absolute Gasteiger partial charge is 0.493 e. The molecule has 1 aliphatic carbocycles. The molecule has 116 valence electrons. The zero-order valence-electron chi connectivity index (χ0n) is 12.8. The molecule has 0 radical (unpaired) electrons. The van der Waals surface area contributed by atoms with Crippen molar-refractivity contribution in [1.29, 1.82) is 0 Å². The van der Waals surface area contributed by atoms with Crippen molar-refractivity contribution in [2.24, 2.45) is 0 Å². The minimum Gasteiger partial charge on any atom is -0.493 e. The van der Waals surface area contributed by atoms with Crippen LogP contribution >= 0.6 is 0 Å². The number of aliphatic hydroxyl groups is 1. The quantitative estimate of drug-likeness (QED) is 0.833. The molecule has 0 saturated heterocycles. The summed E-state index contributed by atoms with van der Waals surface area (Å²) in [6.07, 6.45) is 2.11. The van der Waals surface area contributed by atoms with E-state index in [1.165, 1.54) is 0 Å². The predicted octanol–water partition coefficient (Wildman–Crippen LogP) is 1.97. The zero-order chi connectivity index (χ0) is 15.4. The molecule has 1 aliphatic rings. The number of methoxy groups -OCH3 is 2. The molecular weight excluding hydrogens is 270 g/mol. The third-order valence-corrected chi connectivity index (χ3v) is 3.99. The van der Waals surface area contributed by atoms with Gasteiger partial charge in [0.05, 0.1) is 26.4 Å². The lowest BCUT2D eigenvalue weighted by Gasteiger charge is -2.24. The van der Waals surface area contributed by atoms with E-state index in [4.69, 9.17) is 9.47 Å². The van der Waals surface area contributed by atoms with Gasteiger partial charge in [-0.05, 0) is 30.9 Å². The lowest BCUT2D eigenvalue weighted by atomic mass is 9.97. The molecule has 0 spiro atoms. The maximum absolute atomic E-state index is 11.6. The van der Waals surface area contributed by atoms with Crippen molar-refractivity contribution in [2.75, 3.05) is 14.2 Å². The Kier molecular flexibility index (Phi) is 5.07. The highest BCUT2D eigenvalue weighted by atomic mass is 16.5. The highest BCUT2D eigenvalue weighted by Gasteiger charge is 2.29. The molecule has 0 bridgehead atoms. The molecule has 0 saturated carbocycles. The second kappa shape index (κ2) is 6.80. The highest BCUT2D eigenvalue weighted by molar-refractivity contribution is 5.76. The maximum Gasteiger partial charge on any atom is 0.220 e. The summed E-state index contributed by atoms with van der Waals surface area (Å²) in [6.45, 7) is 1.81. The smallest absolute Gasteiger partial charge is 0.220 e. The summed E-state index contributed by atoms with van der Waals surface area (Å²) >= 11 is 0. The van der Waals surface area contributed by atoms with Gasteiger partial charge in [-0.3, -0.25) is 4.79 Å². The molecule has 2 atom stereocenters. The summed E-state index contributed by atoms with van der Waals surface area (Å²) in [5.74, 6) is 1.30. The first-order valence-electron chi connectivity index (χ1n) is 7.33. The predicted molar refractivity (Wildman–Crippen MR) is 79.7 cm³/mol. The lowest BCUT2D eigenvalue weighted by molar-refractivity contribution is -0.122. The van der Waals surface area contributed by atoms with Crippen LogP contribution in [0.2, 0.25) is 0 Å². The number of hydrogen-bond acceptors (Lipinski definition) is 4. The Labute approximate surface area is 125 Å². The van der Waals surface area contributed by atoms with Gasteiger partial charge < -0.3 is 19.9 Å². The molecule has 0 unspecified atom stereocenters. The van der Waals surface area contributed by atoms with Gasteiger partial charge in [0, 0.05) is 12.0 Å². The summed E-state index contributed by atoms with van der Waals surface area (Å²) in [5, 5.41) is 13.5. The van der Waals surface area contributed by atoms with Gasteiger partial charge in [0.2, 0.25) is 5.91 Å². The summed E-state index contributed by atoms with van der Waals surface area (Å²) in [7, 11) is 3.20. The first-order chi connectivity index (χ1) is 10.1. The molecule has 5 nitrogen and oxygen atoms in total. The van der Waals surface area contributed by atoms with Crippen molar-refractivity contribution < 1.29 is 19.4 Å². The van der Waals surface area contributed by atoms with Crippen molar-refractivity contribution in [3.8, 4) is 11.5 Å². The number of carbonyl (C=O) groups is 1. The topological polar surface area (TPSA) is 67.8 Å². The zero-order valence-corrected chi connectivity index (χ0v) is 12.8. The molecule has 2 rings (SSSR count). The van der Waals surface area contributed by atoms with Crippen LogP contribution in [0.3, 0.4) is 0 Å². The Morgan fingerprint density at radius 3 is 2.76 bits per heavy atom. The lowest BCUT2D eigenvalue weighted by Crippen LogP contribution is -2.38. The van der Waals surface area contributed by atoms with E-state index in [0.717, 1.165) is 30.4 Å². The first-order valence-corrected chi connectivity index (χ1v) is 7.33. The van der Waals surface area contributed by atoms with Gasteiger partial charge in [-0.25, -0.2) is 0 Å². The van der Waals surface area contributed by atoms with Crippen LogP contribution in [0, 0.1) is 0 Å². The van der Waals surface area contributed by atoms with Crippen LogP contribution in [-0.4, -0.2) is 31.3 Å². The van der Waals surface area contributed by atoms with Crippen molar-refractivity contribution in [3.05, 3.63) is 23.3 Å². The molecule has 1 amide bonds. The van der Waals surface area contributed by atoms with E-state index in [9.17, 15) is 9.90 Å². The fourth-order valence-electron chi connectivity index (χ4n) is 2.87. The number of carbonyl (C=O) groups excluding carboxylic acids is 1. The van der Waals surface area contributed by atoms with Crippen LogP contribution in [0.5, 0.6) is 11.5 Å². The van der Waals surface area contributed by atoms with Gasteiger partial charge >= 0.3 is 0 Å². The average Bonchev–Trinajstić information content (AvgIpc) is 2.66. The van der Waals surface area contributed by atoms with Crippen LogP contribution in [0.15, 0.2) is 12.1 Å². The van der Waals surface area contributed by atoms with Crippen LogP contribution < -0.4 is 14.8 Å². The molecule has 21 heavy (non-hydrogen) atoms. The fourth-order valence-corrected chi connectivity index (χ4v) is 2.87.